The number of carboxylic acid groups (broad SMARTS) is 1. The Labute approximate surface area is 222 Å². The third-order valence-electron chi connectivity index (χ3n) is 7.14. The van der Waals surface area contributed by atoms with Crippen molar-refractivity contribution in [2.75, 3.05) is 44.7 Å². The van der Waals surface area contributed by atoms with Crippen molar-refractivity contribution in [2.45, 2.75) is 25.1 Å². The number of hydrogen-bond acceptors (Lipinski definition) is 3. The van der Waals surface area contributed by atoms with Gasteiger partial charge in [-0.3, -0.25) is 4.90 Å². The Kier molecular flexibility index (Phi) is 8.94. The summed E-state index contributed by atoms with van der Waals surface area (Å²) in [6.07, 6.45) is -3.94. The Morgan fingerprint density at radius 2 is 1.55 bits per heavy atom. The predicted octanol–water partition coefficient (Wildman–Crippen LogP) is 6.43. The third-order valence-corrected chi connectivity index (χ3v) is 7.14. The lowest BCUT2D eigenvalue weighted by molar-refractivity contribution is -0.137. The highest BCUT2D eigenvalue weighted by Crippen LogP contribution is 2.47. The molecule has 0 aromatic heterocycles. The summed E-state index contributed by atoms with van der Waals surface area (Å²) in [6, 6.07) is 25.8. The molecule has 1 saturated carbocycles. The lowest BCUT2D eigenvalue weighted by atomic mass is 10.1. The summed E-state index contributed by atoms with van der Waals surface area (Å²) < 4.78 is 38.7. The number of amides is 1. The number of anilines is 1. The molecule has 0 bridgehead atoms. The maximum absolute atomic E-state index is 12.9. The minimum absolute atomic E-state index is 0.441. The fraction of sp³-hybridized carbons (Fsp3) is 0.367. The van der Waals surface area contributed by atoms with Crippen LogP contribution in [0.1, 0.15) is 29.0 Å². The zero-order chi connectivity index (χ0) is 27.1. The first-order valence-corrected chi connectivity index (χ1v) is 12.9. The highest BCUT2D eigenvalue weighted by molar-refractivity contribution is 5.64. The first-order valence-electron chi connectivity index (χ1n) is 12.9. The SMILES string of the molecule is CN(Cc1ccccc1)C(=O)O.FC(F)(F)c1cccc(N2CCN(C[C@@H]3C[C@@H]3c3ccccc3)CC2)c1. The molecule has 0 spiro atoms. The topological polar surface area (TPSA) is 47.0 Å². The summed E-state index contributed by atoms with van der Waals surface area (Å²) in [4.78, 5) is 16.2. The minimum atomic E-state index is -4.28. The summed E-state index contributed by atoms with van der Waals surface area (Å²) in [5.41, 5.74) is 2.54. The van der Waals surface area contributed by atoms with Crippen LogP contribution in [0.15, 0.2) is 84.9 Å². The van der Waals surface area contributed by atoms with Crippen molar-refractivity contribution in [3.8, 4) is 0 Å². The van der Waals surface area contributed by atoms with E-state index in [1.54, 1.807) is 13.1 Å². The van der Waals surface area contributed by atoms with Crippen molar-refractivity contribution in [3.05, 3.63) is 102 Å². The second kappa shape index (κ2) is 12.3. The Hall–Kier alpha value is -3.52. The molecule has 1 N–H and O–H groups in total. The summed E-state index contributed by atoms with van der Waals surface area (Å²) in [5, 5.41) is 8.57. The molecule has 1 aliphatic carbocycles. The zero-order valence-corrected chi connectivity index (χ0v) is 21.5. The van der Waals surface area contributed by atoms with E-state index in [9.17, 15) is 18.0 Å². The molecule has 8 heteroatoms. The van der Waals surface area contributed by atoms with E-state index in [2.05, 4.69) is 34.1 Å². The average Bonchev–Trinajstić information content (AvgIpc) is 3.69. The van der Waals surface area contributed by atoms with Gasteiger partial charge in [-0.25, -0.2) is 4.79 Å². The number of rotatable bonds is 6. The largest absolute Gasteiger partial charge is 0.465 e. The van der Waals surface area contributed by atoms with Gasteiger partial charge >= 0.3 is 12.3 Å². The van der Waals surface area contributed by atoms with Crippen LogP contribution in [-0.2, 0) is 12.7 Å². The lowest BCUT2D eigenvalue weighted by Crippen LogP contribution is -2.47. The van der Waals surface area contributed by atoms with Crippen molar-refractivity contribution in [2.24, 2.45) is 5.92 Å². The molecule has 0 radical (unpaired) electrons. The van der Waals surface area contributed by atoms with Crippen LogP contribution in [0.25, 0.3) is 0 Å². The number of nitrogens with zero attached hydrogens (tertiary/aromatic N) is 3. The normalized spacial score (nSPS) is 19.3. The van der Waals surface area contributed by atoms with Crippen LogP contribution in [0.2, 0.25) is 0 Å². The smallest absolute Gasteiger partial charge is 0.416 e. The van der Waals surface area contributed by atoms with E-state index in [0.29, 0.717) is 18.2 Å². The number of hydrogen-bond donors (Lipinski definition) is 1. The van der Waals surface area contributed by atoms with E-state index < -0.39 is 17.8 Å². The van der Waals surface area contributed by atoms with Gasteiger partial charge in [0.25, 0.3) is 0 Å². The van der Waals surface area contributed by atoms with Crippen molar-refractivity contribution < 1.29 is 23.1 Å². The van der Waals surface area contributed by atoms with Crippen LogP contribution in [0, 0.1) is 5.92 Å². The van der Waals surface area contributed by atoms with E-state index in [1.807, 2.05) is 36.4 Å². The Bertz CT molecular complexity index is 1170. The molecule has 1 aliphatic heterocycles. The van der Waals surface area contributed by atoms with E-state index in [1.165, 1.54) is 29.0 Å². The summed E-state index contributed by atoms with van der Waals surface area (Å²) in [7, 11) is 1.55. The Balaban J connectivity index is 0.000000236. The van der Waals surface area contributed by atoms with Crippen LogP contribution in [0.5, 0.6) is 0 Å². The first-order chi connectivity index (χ1) is 18.2. The van der Waals surface area contributed by atoms with E-state index in [-0.39, 0.29) is 0 Å². The van der Waals surface area contributed by atoms with Gasteiger partial charge in [0.2, 0.25) is 0 Å². The van der Waals surface area contributed by atoms with E-state index >= 15 is 0 Å². The molecule has 2 atom stereocenters. The average molecular weight is 526 g/mol. The molecule has 2 fully saturated rings. The third kappa shape index (κ3) is 7.74. The standard InChI is InChI=1S/C21H23F3N2.C9H11NO2/c22-21(23,24)18-7-4-8-19(14-18)26-11-9-25(10-12-26)15-17-13-20(17)16-5-2-1-3-6-16;1-10(9(11)12)7-8-5-3-2-4-6-8/h1-8,14,17,20H,9-13,15H2;2-6H,7H2,1H3,(H,11,12)/t17-,20+;/m0./s1. The highest BCUT2D eigenvalue weighted by Gasteiger charge is 2.39. The molecule has 202 valence electrons. The van der Waals surface area contributed by atoms with E-state index in [0.717, 1.165) is 50.3 Å². The van der Waals surface area contributed by atoms with Crippen molar-refractivity contribution in [1.82, 2.24) is 9.80 Å². The Morgan fingerprint density at radius 1 is 0.921 bits per heavy atom. The zero-order valence-electron chi connectivity index (χ0n) is 21.5. The fourth-order valence-corrected chi connectivity index (χ4v) is 4.88. The van der Waals surface area contributed by atoms with E-state index in [4.69, 9.17) is 5.11 Å². The van der Waals surface area contributed by atoms with Crippen molar-refractivity contribution in [1.29, 1.82) is 0 Å². The number of alkyl halides is 3. The molecule has 38 heavy (non-hydrogen) atoms. The molecule has 3 aromatic carbocycles. The van der Waals surface area contributed by atoms with Gasteiger partial charge in [0, 0.05) is 52.0 Å². The molecule has 5 rings (SSSR count). The molecule has 1 saturated heterocycles. The summed E-state index contributed by atoms with van der Waals surface area (Å²) in [6.45, 7) is 4.92. The van der Waals surface area contributed by atoms with Crippen LogP contribution in [-0.4, -0.2) is 60.8 Å². The van der Waals surface area contributed by atoms with Gasteiger partial charge in [0.1, 0.15) is 0 Å². The van der Waals surface area contributed by atoms with Crippen LogP contribution in [0.4, 0.5) is 23.7 Å². The number of piperazine rings is 1. The van der Waals surface area contributed by atoms with Crippen LogP contribution >= 0.6 is 0 Å². The predicted molar refractivity (Wildman–Crippen MR) is 143 cm³/mol. The van der Waals surface area contributed by atoms with Gasteiger partial charge in [0.15, 0.2) is 0 Å². The van der Waals surface area contributed by atoms with Gasteiger partial charge in [-0.1, -0.05) is 66.7 Å². The van der Waals surface area contributed by atoms with Gasteiger partial charge in [0.05, 0.1) is 5.56 Å². The Morgan fingerprint density at radius 3 is 2.16 bits per heavy atom. The fourth-order valence-electron chi connectivity index (χ4n) is 4.88. The molecule has 3 aromatic rings. The second-order valence-electron chi connectivity index (χ2n) is 9.97. The van der Waals surface area contributed by atoms with Gasteiger partial charge in [-0.05, 0) is 47.6 Å². The molecule has 0 unspecified atom stereocenters. The molecule has 5 nitrogen and oxygen atoms in total. The van der Waals surface area contributed by atoms with Gasteiger partial charge in [-0.15, -0.1) is 0 Å². The van der Waals surface area contributed by atoms with Gasteiger partial charge in [-0.2, -0.15) is 13.2 Å². The monoisotopic (exact) mass is 525 g/mol. The maximum atomic E-state index is 12.9. The number of carbonyl (C=O) groups is 1. The molecular formula is C30H34F3N3O2. The summed E-state index contributed by atoms with van der Waals surface area (Å²) in [5.74, 6) is 1.40. The first kappa shape index (κ1) is 27.5. The van der Waals surface area contributed by atoms with Crippen LogP contribution in [0.3, 0.4) is 0 Å². The molecule has 2 aliphatic rings. The minimum Gasteiger partial charge on any atom is -0.465 e. The lowest BCUT2D eigenvalue weighted by Gasteiger charge is -2.36. The second-order valence-corrected chi connectivity index (χ2v) is 9.97. The number of benzene rings is 3. The highest BCUT2D eigenvalue weighted by atomic mass is 19.4. The quantitative estimate of drug-likeness (QED) is 0.403. The van der Waals surface area contributed by atoms with Crippen molar-refractivity contribution in [3.63, 3.8) is 0 Å². The summed E-state index contributed by atoms with van der Waals surface area (Å²) >= 11 is 0. The number of halogens is 3. The molecule has 1 heterocycles. The molecule has 1 amide bonds. The molecular weight excluding hydrogens is 491 g/mol. The van der Waals surface area contributed by atoms with Gasteiger partial charge < -0.3 is 14.9 Å². The van der Waals surface area contributed by atoms with Crippen molar-refractivity contribution >= 4 is 11.8 Å². The maximum Gasteiger partial charge on any atom is 0.416 e. The van der Waals surface area contributed by atoms with Crippen LogP contribution < -0.4 is 4.90 Å².